The minimum Gasteiger partial charge on any atom is -0.397 e. The van der Waals surface area contributed by atoms with E-state index in [9.17, 15) is 0 Å². The van der Waals surface area contributed by atoms with Crippen molar-refractivity contribution >= 4 is 11.5 Å². The summed E-state index contributed by atoms with van der Waals surface area (Å²) in [6, 6.07) is 3.97. The van der Waals surface area contributed by atoms with Crippen LogP contribution in [0.1, 0.15) is 44.2 Å². The zero-order chi connectivity index (χ0) is 13.0. The van der Waals surface area contributed by atoms with Crippen molar-refractivity contribution < 1.29 is 0 Å². The lowest BCUT2D eigenvalue weighted by Gasteiger charge is -2.25. The average molecular weight is 247 g/mol. The van der Waals surface area contributed by atoms with Crippen molar-refractivity contribution in [2.45, 2.75) is 45.4 Å². The van der Waals surface area contributed by atoms with E-state index in [2.05, 4.69) is 16.9 Å². The Morgan fingerprint density at radius 1 is 1.28 bits per heavy atom. The molecule has 1 aliphatic rings. The van der Waals surface area contributed by atoms with Gasteiger partial charge in [-0.2, -0.15) is 0 Å². The largest absolute Gasteiger partial charge is 0.397 e. The second kappa shape index (κ2) is 6.07. The molecule has 1 fully saturated rings. The molecule has 100 valence electrons. The fourth-order valence-electron chi connectivity index (χ4n) is 2.74. The number of aromatic nitrogens is 1. The van der Waals surface area contributed by atoms with E-state index in [1.165, 1.54) is 38.5 Å². The van der Waals surface area contributed by atoms with Crippen LogP contribution in [0.3, 0.4) is 0 Å². The van der Waals surface area contributed by atoms with Gasteiger partial charge in [0.25, 0.3) is 0 Å². The van der Waals surface area contributed by atoms with Crippen LogP contribution < -0.4 is 10.6 Å². The molecule has 0 spiro atoms. The molecule has 1 heterocycles. The quantitative estimate of drug-likeness (QED) is 0.887. The van der Waals surface area contributed by atoms with Gasteiger partial charge < -0.3 is 10.6 Å². The number of nitrogens with two attached hydrogens (primary N) is 1. The van der Waals surface area contributed by atoms with E-state index in [-0.39, 0.29) is 0 Å². The van der Waals surface area contributed by atoms with Crippen LogP contribution in [0.4, 0.5) is 11.5 Å². The lowest BCUT2D eigenvalue weighted by molar-refractivity contribution is 0.341. The first-order valence-corrected chi connectivity index (χ1v) is 7.11. The number of nitrogens with zero attached hydrogens (tertiary/aromatic N) is 2. The maximum absolute atomic E-state index is 5.80. The highest BCUT2D eigenvalue weighted by Crippen LogP contribution is 2.26. The molecule has 0 aliphatic heterocycles. The third kappa shape index (κ3) is 3.37. The summed E-state index contributed by atoms with van der Waals surface area (Å²) in [5.74, 6) is 1.97. The molecule has 1 aromatic heterocycles. The highest BCUT2D eigenvalue weighted by molar-refractivity contribution is 5.49. The molecule has 0 saturated heterocycles. The first-order valence-electron chi connectivity index (χ1n) is 7.11. The molecule has 0 aromatic carbocycles. The second-order valence-electron chi connectivity index (χ2n) is 5.56. The van der Waals surface area contributed by atoms with Crippen molar-refractivity contribution in [1.82, 2.24) is 4.98 Å². The molecule has 1 aromatic rings. The number of aryl methyl sites for hydroxylation is 1. The van der Waals surface area contributed by atoms with Crippen LogP contribution in [0, 0.1) is 12.8 Å². The van der Waals surface area contributed by atoms with Gasteiger partial charge in [0.2, 0.25) is 0 Å². The van der Waals surface area contributed by atoms with Crippen molar-refractivity contribution in [3.63, 3.8) is 0 Å². The van der Waals surface area contributed by atoms with E-state index in [0.29, 0.717) is 0 Å². The molecular weight excluding hydrogens is 222 g/mol. The summed E-state index contributed by atoms with van der Waals surface area (Å²) in [5, 5.41) is 0. The highest BCUT2D eigenvalue weighted by atomic mass is 15.2. The zero-order valence-electron chi connectivity index (χ0n) is 11.7. The van der Waals surface area contributed by atoms with E-state index in [0.717, 1.165) is 29.7 Å². The second-order valence-corrected chi connectivity index (χ2v) is 5.56. The minimum atomic E-state index is 0.777. The number of nitrogen functional groups attached to an aromatic ring is 1. The van der Waals surface area contributed by atoms with Crippen LogP contribution in [0.5, 0.6) is 0 Å². The van der Waals surface area contributed by atoms with Crippen molar-refractivity contribution in [3.8, 4) is 0 Å². The standard InChI is InChI=1S/C15H25N3/c1-12-14(16)8-9-15(17-12)18(2)11-10-13-6-4-3-5-7-13/h8-9,13H,3-7,10-11,16H2,1-2H3. The predicted octanol–water partition coefficient (Wildman–Crippen LogP) is 3.38. The van der Waals surface area contributed by atoms with E-state index < -0.39 is 0 Å². The van der Waals surface area contributed by atoms with Crippen LogP contribution in [0.15, 0.2) is 12.1 Å². The van der Waals surface area contributed by atoms with E-state index >= 15 is 0 Å². The molecule has 18 heavy (non-hydrogen) atoms. The van der Waals surface area contributed by atoms with Gasteiger partial charge in [-0.1, -0.05) is 32.1 Å². The monoisotopic (exact) mass is 247 g/mol. The Morgan fingerprint density at radius 3 is 2.67 bits per heavy atom. The molecule has 3 heteroatoms. The molecule has 0 amide bonds. The van der Waals surface area contributed by atoms with Crippen LogP contribution in [0.25, 0.3) is 0 Å². The summed E-state index contributed by atoms with van der Waals surface area (Å²) in [4.78, 5) is 6.79. The third-order valence-corrected chi connectivity index (χ3v) is 4.10. The number of pyridine rings is 1. The summed E-state index contributed by atoms with van der Waals surface area (Å²) in [7, 11) is 2.13. The zero-order valence-corrected chi connectivity index (χ0v) is 11.7. The number of hydrogen-bond acceptors (Lipinski definition) is 3. The summed E-state index contributed by atoms with van der Waals surface area (Å²) in [6.45, 7) is 3.06. The lowest BCUT2D eigenvalue weighted by atomic mass is 9.87. The molecule has 3 nitrogen and oxygen atoms in total. The van der Waals surface area contributed by atoms with E-state index in [4.69, 9.17) is 5.73 Å². The highest BCUT2D eigenvalue weighted by Gasteiger charge is 2.14. The Balaban J connectivity index is 1.86. The van der Waals surface area contributed by atoms with Crippen LogP contribution >= 0.6 is 0 Å². The maximum atomic E-state index is 5.80. The van der Waals surface area contributed by atoms with Crippen molar-refractivity contribution in [1.29, 1.82) is 0 Å². The van der Waals surface area contributed by atoms with Gasteiger partial charge in [-0.25, -0.2) is 4.98 Å². The predicted molar refractivity (Wildman–Crippen MR) is 77.8 cm³/mol. The summed E-state index contributed by atoms with van der Waals surface area (Å²) in [5.41, 5.74) is 7.50. The van der Waals surface area contributed by atoms with Crippen LogP contribution in [-0.2, 0) is 0 Å². The van der Waals surface area contributed by atoms with Crippen molar-refractivity contribution in [2.75, 3.05) is 24.2 Å². The smallest absolute Gasteiger partial charge is 0.128 e. The molecule has 1 aliphatic carbocycles. The molecule has 1 saturated carbocycles. The van der Waals surface area contributed by atoms with Gasteiger partial charge in [-0.15, -0.1) is 0 Å². The summed E-state index contributed by atoms with van der Waals surface area (Å²) >= 11 is 0. The molecule has 0 unspecified atom stereocenters. The van der Waals surface area contributed by atoms with Gasteiger partial charge in [0, 0.05) is 13.6 Å². The van der Waals surface area contributed by atoms with Gasteiger partial charge in [0.05, 0.1) is 11.4 Å². The van der Waals surface area contributed by atoms with Gasteiger partial charge in [-0.3, -0.25) is 0 Å². The first-order chi connectivity index (χ1) is 8.66. The third-order valence-electron chi connectivity index (χ3n) is 4.10. The Labute approximate surface area is 110 Å². The Kier molecular flexibility index (Phi) is 4.45. The molecule has 0 atom stereocenters. The fourth-order valence-corrected chi connectivity index (χ4v) is 2.74. The SMILES string of the molecule is Cc1nc(N(C)CCC2CCCCC2)ccc1N. The Morgan fingerprint density at radius 2 is 2.00 bits per heavy atom. The summed E-state index contributed by atoms with van der Waals surface area (Å²) < 4.78 is 0. The molecule has 2 rings (SSSR count). The Bertz CT molecular complexity index is 383. The Hall–Kier alpha value is -1.25. The molecular formula is C15H25N3. The molecule has 0 bridgehead atoms. The lowest BCUT2D eigenvalue weighted by Crippen LogP contribution is -2.23. The van der Waals surface area contributed by atoms with Crippen molar-refractivity contribution in [3.05, 3.63) is 17.8 Å². The summed E-state index contributed by atoms with van der Waals surface area (Å²) in [6.07, 6.45) is 8.41. The van der Waals surface area contributed by atoms with Crippen LogP contribution in [-0.4, -0.2) is 18.6 Å². The number of hydrogen-bond donors (Lipinski definition) is 1. The fraction of sp³-hybridized carbons (Fsp3) is 0.667. The maximum Gasteiger partial charge on any atom is 0.128 e. The van der Waals surface area contributed by atoms with E-state index in [1.54, 1.807) is 0 Å². The van der Waals surface area contributed by atoms with E-state index in [1.807, 2.05) is 19.1 Å². The normalized spacial score (nSPS) is 16.8. The minimum absolute atomic E-state index is 0.777. The van der Waals surface area contributed by atoms with Crippen LogP contribution in [0.2, 0.25) is 0 Å². The molecule has 0 radical (unpaired) electrons. The number of rotatable bonds is 4. The molecule has 2 N–H and O–H groups in total. The van der Waals surface area contributed by atoms with Gasteiger partial charge in [-0.05, 0) is 31.4 Å². The van der Waals surface area contributed by atoms with Gasteiger partial charge in [0.1, 0.15) is 5.82 Å². The van der Waals surface area contributed by atoms with Gasteiger partial charge in [0.15, 0.2) is 0 Å². The van der Waals surface area contributed by atoms with Gasteiger partial charge >= 0.3 is 0 Å². The first kappa shape index (κ1) is 13.2. The topological polar surface area (TPSA) is 42.2 Å². The number of anilines is 2. The van der Waals surface area contributed by atoms with Crippen molar-refractivity contribution in [2.24, 2.45) is 5.92 Å². The average Bonchev–Trinajstić information content (AvgIpc) is 2.40.